The summed E-state index contributed by atoms with van der Waals surface area (Å²) in [5.74, 6) is 0.531. The molecular weight excluding hydrogens is 458 g/mol. The Balaban J connectivity index is 1.71. The van der Waals surface area contributed by atoms with E-state index in [0.717, 1.165) is 29.8 Å². The summed E-state index contributed by atoms with van der Waals surface area (Å²) in [6, 6.07) is 10.0. The van der Waals surface area contributed by atoms with E-state index in [1.807, 2.05) is 31.2 Å². The number of carbonyl (C=O) groups is 1. The standard InChI is InChI=1S/C26H31N7O3/c1-3-18-16(14-31-33-28)6-4-7-21(18)32-25-19-12-24(36-11-5-10-29-17-8-9-17)23(35-2)13-22(19)30-15-20(25)26(27)34/h4,6-7,12-13,15,17,29H,3,5,8-11,14H2,1-2H3,(H2,27,34)(H,30,32). The third-order valence-corrected chi connectivity index (χ3v) is 6.20. The number of pyridine rings is 1. The molecule has 1 amide bonds. The van der Waals surface area contributed by atoms with Gasteiger partial charge in [0.05, 0.1) is 37.0 Å². The number of hydrogen-bond donors (Lipinski definition) is 3. The number of fused-ring (bicyclic) bond motifs is 1. The highest BCUT2D eigenvalue weighted by Crippen LogP contribution is 2.38. The van der Waals surface area contributed by atoms with E-state index in [2.05, 4.69) is 25.6 Å². The minimum absolute atomic E-state index is 0.236. The fraction of sp³-hybridized carbons (Fsp3) is 0.385. The number of azide groups is 1. The van der Waals surface area contributed by atoms with Crippen LogP contribution in [0.3, 0.4) is 0 Å². The van der Waals surface area contributed by atoms with E-state index in [1.54, 1.807) is 13.2 Å². The first-order chi connectivity index (χ1) is 17.5. The number of rotatable bonds is 13. The maximum absolute atomic E-state index is 12.4. The third kappa shape index (κ3) is 5.79. The van der Waals surface area contributed by atoms with Crippen LogP contribution in [-0.4, -0.2) is 37.2 Å². The number of benzene rings is 2. The van der Waals surface area contributed by atoms with Crippen molar-refractivity contribution >= 4 is 28.2 Å². The molecule has 188 valence electrons. The van der Waals surface area contributed by atoms with Gasteiger partial charge in [-0.2, -0.15) is 0 Å². The van der Waals surface area contributed by atoms with E-state index in [4.69, 9.17) is 20.7 Å². The number of primary amides is 1. The Kier molecular flexibility index (Phi) is 8.10. The molecule has 1 aromatic heterocycles. The summed E-state index contributed by atoms with van der Waals surface area (Å²) in [6.07, 6.45) is 5.52. The van der Waals surface area contributed by atoms with Crippen molar-refractivity contribution in [3.8, 4) is 11.5 Å². The Morgan fingerprint density at radius 1 is 1.31 bits per heavy atom. The molecule has 4 rings (SSSR count). The molecule has 0 unspecified atom stereocenters. The third-order valence-electron chi connectivity index (χ3n) is 6.20. The summed E-state index contributed by atoms with van der Waals surface area (Å²) < 4.78 is 11.6. The summed E-state index contributed by atoms with van der Waals surface area (Å²) in [5, 5.41) is 11.3. The van der Waals surface area contributed by atoms with Crippen molar-refractivity contribution in [3.63, 3.8) is 0 Å². The number of aromatic nitrogens is 1. The van der Waals surface area contributed by atoms with Crippen molar-refractivity contribution in [2.75, 3.05) is 25.6 Å². The number of nitrogens with one attached hydrogen (secondary N) is 2. The Labute approximate surface area is 209 Å². The van der Waals surface area contributed by atoms with Crippen molar-refractivity contribution in [3.05, 3.63) is 63.7 Å². The van der Waals surface area contributed by atoms with Gasteiger partial charge in [-0.05, 0) is 61.0 Å². The Morgan fingerprint density at radius 3 is 2.83 bits per heavy atom. The summed E-state index contributed by atoms with van der Waals surface area (Å²) in [6.45, 7) is 3.68. The van der Waals surface area contributed by atoms with Gasteiger partial charge in [-0.3, -0.25) is 9.78 Å². The number of carbonyl (C=O) groups excluding carboxylic acids is 1. The van der Waals surface area contributed by atoms with Crippen LogP contribution in [0.2, 0.25) is 0 Å². The molecule has 1 fully saturated rings. The lowest BCUT2D eigenvalue weighted by atomic mass is 10.0. The fourth-order valence-corrected chi connectivity index (χ4v) is 4.20. The summed E-state index contributed by atoms with van der Waals surface area (Å²) in [5.41, 5.74) is 18.6. The lowest BCUT2D eigenvalue weighted by Crippen LogP contribution is -2.19. The van der Waals surface area contributed by atoms with E-state index in [0.29, 0.717) is 47.2 Å². The first-order valence-electron chi connectivity index (χ1n) is 12.1. The van der Waals surface area contributed by atoms with Gasteiger partial charge >= 0.3 is 0 Å². The number of methoxy groups -OCH3 is 1. The predicted octanol–water partition coefficient (Wildman–Crippen LogP) is 4.98. The second-order valence-corrected chi connectivity index (χ2v) is 8.67. The zero-order valence-corrected chi connectivity index (χ0v) is 20.6. The van der Waals surface area contributed by atoms with Crippen LogP contribution < -0.4 is 25.8 Å². The first-order valence-corrected chi connectivity index (χ1v) is 12.1. The van der Waals surface area contributed by atoms with E-state index < -0.39 is 5.91 Å². The van der Waals surface area contributed by atoms with Crippen molar-refractivity contribution in [2.45, 2.75) is 45.2 Å². The lowest BCUT2D eigenvalue weighted by molar-refractivity contribution is 0.100. The van der Waals surface area contributed by atoms with Gasteiger partial charge in [-0.15, -0.1) is 0 Å². The second-order valence-electron chi connectivity index (χ2n) is 8.67. The molecule has 10 nitrogen and oxygen atoms in total. The highest BCUT2D eigenvalue weighted by molar-refractivity contribution is 6.08. The molecular formula is C26H31N7O3. The van der Waals surface area contributed by atoms with Crippen LogP contribution in [0.5, 0.6) is 11.5 Å². The van der Waals surface area contributed by atoms with Crippen LogP contribution in [0.4, 0.5) is 11.4 Å². The van der Waals surface area contributed by atoms with Crippen LogP contribution in [0.1, 0.15) is 47.7 Å². The average molecular weight is 490 g/mol. The number of nitrogens with zero attached hydrogens (tertiary/aromatic N) is 4. The maximum atomic E-state index is 12.4. The zero-order chi connectivity index (χ0) is 25.5. The number of hydrogen-bond acceptors (Lipinski definition) is 7. The van der Waals surface area contributed by atoms with Gasteiger partial charge in [0.25, 0.3) is 5.91 Å². The minimum atomic E-state index is -0.598. The van der Waals surface area contributed by atoms with Crippen LogP contribution >= 0.6 is 0 Å². The number of nitrogens with two attached hydrogens (primary N) is 1. The minimum Gasteiger partial charge on any atom is -0.493 e. The topological polar surface area (TPSA) is 147 Å². The van der Waals surface area contributed by atoms with Crippen molar-refractivity contribution in [2.24, 2.45) is 10.8 Å². The lowest BCUT2D eigenvalue weighted by Gasteiger charge is -2.19. The van der Waals surface area contributed by atoms with Gasteiger partial charge in [0.1, 0.15) is 0 Å². The molecule has 0 aliphatic heterocycles. The van der Waals surface area contributed by atoms with Crippen LogP contribution in [0, 0.1) is 0 Å². The van der Waals surface area contributed by atoms with Gasteiger partial charge in [-0.1, -0.05) is 24.2 Å². The van der Waals surface area contributed by atoms with E-state index in [1.165, 1.54) is 19.0 Å². The van der Waals surface area contributed by atoms with E-state index in [9.17, 15) is 4.79 Å². The molecule has 0 bridgehead atoms. The predicted molar refractivity (Wildman–Crippen MR) is 140 cm³/mol. The molecule has 0 atom stereocenters. The van der Waals surface area contributed by atoms with Crippen molar-refractivity contribution in [1.29, 1.82) is 0 Å². The van der Waals surface area contributed by atoms with Gasteiger partial charge < -0.3 is 25.8 Å². The van der Waals surface area contributed by atoms with Gasteiger partial charge in [0.2, 0.25) is 0 Å². The molecule has 3 aromatic rings. The molecule has 0 saturated heterocycles. The number of amides is 1. The summed E-state index contributed by atoms with van der Waals surface area (Å²) >= 11 is 0. The molecule has 2 aromatic carbocycles. The fourth-order valence-electron chi connectivity index (χ4n) is 4.20. The maximum Gasteiger partial charge on any atom is 0.252 e. The Morgan fingerprint density at radius 2 is 2.14 bits per heavy atom. The molecule has 36 heavy (non-hydrogen) atoms. The summed E-state index contributed by atoms with van der Waals surface area (Å²) in [4.78, 5) is 19.7. The monoisotopic (exact) mass is 489 g/mol. The molecule has 0 spiro atoms. The van der Waals surface area contributed by atoms with Crippen LogP contribution in [0.15, 0.2) is 41.6 Å². The second kappa shape index (κ2) is 11.6. The molecule has 1 saturated carbocycles. The highest BCUT2D eigenvalue weighted by Gasteiger charge is 2.20. The number of anilines is 2. The average Bonchev–Trinajstić information content (AvgIpc) is 3.71. The molecule has 4 N–H and O–H groups in total. The van der Waals surface area contributed by atoms with Gasteiger partial charge in [0, 0.05) is 34.3 Å². The highest BCUT2D eigenvalue weighted by atomic mass is 16.5. The van der Waals surface area contributed by atoms with Crippen molar-refractivity contribution < 1.29 is 14.3 Å². The Hall–Kier alpha value is -4.01. The SMILES string of the molecule is CCc1c(CN=[N+]=[N-])cccc1Nc1c(C(N)=O)cnc2cc(OC)c(OCCCNC3CC3)cc12. The van der Waals surface area contributed by atoms with Gasteiger partial charge in [-0.25, -0.2) is 0 Å². The molecule has 1 heterocycles. The molecule has 0 radical (unpaired) electrons. The zero-order valence-electron chi connectivity index (χ0n) is 20.6. The first kappa shape index (κ1) is 25.1. The number of ether oxygens (including phenoxy) is 2. The van der Waals surface area contributed by atoms with Crippen LogP contribution in [-0.2, 0) is 13.0 Å². The van der Waals surface area contributed by atoms with Crippen LogP contribution in [0.25, 0.3) is 21.3 Å². The van der Waals surface area contributed by atoms with Crippen molar-refractivity contribution in [1.82, 2.24) is 10.3 Å². The summed E-state index contributed by atoms with van der Waals surface area (Å²) in [7, 11) is 1.59. The largest absolute Gasteiger partial charge is 0.493 e. The molecule has 10 heteroatoms. The van der Waals surface area contributed by atoms with Gasteiger partial charge in [0.15, 0.2) is 11.5 Å². The van der Waals surface area contributed by atoms with E-state index >= 15 is 0 Å². The normalized spacial score (nSPS) is 12.7. The smallest absolute Gasteiger partial charge is 0.252 e. The molecule has 1 aliphatic rings. The molecule has 1 aliphatic carbocycles. The Bertz CT molecular complexity index is 1300. The van der Waals surface area contributed by atoms with E-state index in [-0.39, 0.29) is 12.1 Å². The quantitative estimate of drug-likeness (QED) is 0.133.